The Morgan fingerprint density at radius 3 is 2.50 bits per heavy atom. The summed E-state index contributed by atoms with van der Waals surface area (Å²) in [7, 11) is 0. The normalized spacial score (nSPS) is 16.4. The SMILES string of the molecule is CC.CC(C)(C)OC(=O)N1CCC(c2onc(C3=CC=C(F)CC=C3)c2-c2nc(C(=O)O)co2)CC1. The second-order valence-electron chi connectivity index (χ2n) is 9.20. The number of hydrogen-bond acceptors (Lipinski definition) is 7. The molecule has 2 aliphatic rings. The molecule has 1 saturated heterocycles. The van der Waals surface area contributed by atoms with Gasteiger partial charge in [-0.2, -0.15) is 0 Å². The van der Waals surface area contributed by atoms with Crippen LogP contribution in [0.15, 0.2) is 45.3 Å². The predicted molar refractivity (Wildman–Crippen MR) is 131 cm³/mol. The quantitative estimate of drug-likeness (QED) is 0.514. The summed E-state index contributed by atoms with van der Waals surface area (Å²) in [4.78, 5) is 29.5. The summed E-state index contributed by atoms with van der Waals surface area (Å²) < 4.78 is 30.4. The number of piperidine rings is 1. The summed E-state index contributed by atoms with van der Waals surface area (Å²) >= 11 is 0. The van der Waals surface area contributed by atoms with Gasteiger partial charge in [0.05, 0.1) is 0 Å². The number of aromatic nitrogens is 2. The van der Waals surface area contributed by atoms with Crippen molar-refractivity contribution in [2.24, 2.45) is 0 Å². The third kappa shape index (κ3) is 6.30. The Bertz CT molecular complexity index is 1180. The standard InChI is InChI=1S/C24H26FN3O6.C2H6/c1-24(2,3)33-23(31)28-11-9-15(10-12-28)20-18(21-26-17(13-32-21)22(29)30)19(27-34-20)14-5-4-6-16(25)8-7-14;1-2/h4-5,7-8,13,15H,6,9-12H2,1-3H3,(H,29,30);1-2H3. The first-order valence-electron chi connectivity index (χ1n) is 12.0. The van der Waals surface area contributed by atoms with Crippen LogP contribution in [0.3, 0.4) is 0 Å². The number of allylic oxidation sites excluding steroid dienone is 6. The van der Waals surface area contributed by atoms with Crippen LogP contribution in [0.4, 0.5) is 9.18 Å². The first-order valence-corrected chi connectivity index (χ1v) is 12.0. The second kappa shape index (κ2) is 11.4. The zero-order chi connectivity index (χ0) is 26.5. The van der Waals surface area contributed by atoms with E-state index in [9.17, 15) is 19.1 Å². The molecule has 0 unspecified atom stereocenters. The van der Waals surface area contributed by atoms with Crippen molar-refractivity contribution in [2.75, 3.05) is 13.1 Å². The highest BCUT2D eigenvalue weighted by Crippen LogP contribution is 2.40. The highest BCUT2D eigenvalue weighted by molar-refractivity contribution is 5.87. The maximum absolute atomic E-state index is 13.7. The van der Waals surface area contributed by atoms with Crippen molar-refractivity contribution in [2.45, 2.75) is 65.4 Å². The van der Waals surface area contributed by atoms with Crippen molar-refractivity contribution in [1.82, 2.24) is 15.0 Å². The number of nitrogens with zero attached hydrogens (tertiary/aromatic N) is 3. The Balaban J connectivity index is 0.00000176. The highest BCUT2D eigenvalue weighted by atomic mass is 19.1. The monoisotopic (exact) mass is 501 g/mol. The Kier molecular flexibility index (Phi) is 8.49. The molecule has 0 radical (unpaired) electrons. The van der Waals surface area contributed by atoms with Crippen molar-refractivity contribution in [3.8, 4) is 11.5 Å². The Hall–Kier alpha value is -3.69. The molecule has 1 aliphatic heterocycles. The van der Waals surface area contributed by atoms with Crippen LogP contribution in [0.2, 0.25) is 0 Å². The minimum absolute atomic E-state index is 0.0567. The molecule has 2 aromatic heterocycles. The number of carbonyl (C=O) groups is 2. The molecule has 0 aromatic carbocycles. The molecule has 194 valence electrons. The Labute approximate surface area is 209 Å². The maximum Gasteiger partial charge on any atom is 0.410 e. The third-order valence-corrected chi connectivity index (χ3v) is 5.50. The lowest BCUT2D eigenvalue weighted by Gasteiger charge is -2.32. The van der Waals surface area contributed by atoms with Crippen LogP contribution in [0.5, 0.6) is 0 Å². The number of rotatable bonds is 4. The average molecular weight is 502 g/mol. The van der Waals surface area contributed by atoms with Gasteiger partial charge in [0.25, 0.3) is 0 Å². The lowest BCUT2D eigenvalue weighted by molar-refractivity contribution is 0.0199. The van der Waals surface area contributed by atoms with E-state index in [-0.39, 0.29) is 35.8 Å². The van der Waals surface area contributed by atoms with Gasteiger partial charge >= 0.3 is 12.1 Å². The number of likely N-dealkylation sites (tertiary alicyclic amines) is 1. The lowest BCUT2D eigenvalue weighted by atomic mass is 9.90. The molecule has 1 fully saturated rings. The second-order valence-corrected chi connectivity index (χ2v) is 9.20. The fourth-order valence-corrected chi connectivity index (χ4v) is 3.88. The predicted octanol–water partition coefficient (Wildman–Crippen LogP) is 6.37. The number of ether oxygens (including phenoxy) is 1. The molecule has 0 saturated carbocycles. The molecule has 0 atom stereocenters. The molecular weight excluding hydrogens is 469 g/mol. The van der Waals surface area contributed by atoms with Gasteiger partial charge in [0.2, 0.25) is 5.89 Å². The van der Waals surface area contributed by atoms with Crippen LogP contribution >= 0.6 is 0 Å². The summed E-state index contributed by atoms with van der Waals surface area (Å²) in [6.45, 7) is 10.4. The van der Waals surface area contributed by atoms with Gasteiger partial charge in [0.1, 0.15) is 28.9 Å². The number of amides is 1. The molecule has 36 heavy (non-hydrogen) atoms. The average Bonchev–Trinajstić information content (AvgIpc) is 3.44. The molecular formula is C26H32FN3O6. The number of carboxylic acids is 1. The van der Waals surface area contributed by atoms with Crippen molar-refractivity contribution < 1.29 is 32.8 Å². The number of carboxylic acid groups (broad SMARTS) is 1. The molecule has 3 heterocycles. The van der Waals surface area contributed by atoms with E-state index in [1.54, 1.807) is 23.1 Å². The molecule has 0 bridgehead atoms. The first kappa shape index (κ1) is 26.9. The van der Waals surface area contributed by atoms with E-state index in [1.165, 1.54) is 6.08 Å². The maximum atomic E-state index is 13.7. The molecule has 4 rings (SSSR count). The molecule has 9 nitrogen and oxygen atoms in total. The Morgan fingerprint density at radius 1 is 1.19 bits per heavy atom. The number of carbonyl (C=O) groups excluding carboxylic acids is 1. The topological polar surface area (TPSA) is 119 Å². The summed E-state index contributed by atoms with van der Waals surface area (Å²) in [5.41, 5.74) is 0.560. The van der Waals surface area contributed by atoms with Crippen molar-refractivity contribution in [3.63, 3.8) is 0 Å². The first-order chi connectivity index (χ1) is 17.1. The van der Waals surface area contributed by atoms with E-state index in [0.717, 1.165) is 6.26 Å². The molecule has 1 N–H and O–H groups in total. The van der Waals surface area contributed by atoms with Gasteiger partial charge in [-0.3, -0.25) is 0 Å². The number of oxazole rings is 1. The summed E-state index contributed by atoms with van der Waals surface area (Å²) in [6.07, 6.45) is 8.33. The van der Waals surface area contributed by atoms with Crippen LogP contribution in [0.25, 0.3) is 17.0 Å². The van der Waals surface area contributed by atoms with Gasteiger partial charge in [-0.15, -0.1) is 0 Å². The van der Waals surface area contributed by atoms with Gasteiger partial charge in [-0.05, 0) is 39.7 Å². The summed E-state index contributed by atoms with van der Waals surface area (Å²) in [5.74, 6) is -1.09. The van der Waals surface area contributed by atoms with E-state index < -0.39 is 11.6 Å². The van der Waals surface area contributed by atoms with E-state index in [0.29, 0.717) is 48.5 Å². The van der Waals surface area contributed by atoms with E-state index in [4.69, 9.17) is 13.7 Å². The minimum Gasteiger partial charge on any atom is -0.476 e. The van der Waals surface area contributed by atoms with Gasteiger partial charge in [0, 0.05) is 31.0 Å². The fraction of sp³-hybridized carbons (Fsp3) is 0.462. The van der Waals surface area contributed by atoms with Gasteiger partial charge in [-0.1, -0.05) is 37.2 Å². The minimum atomic E-state index is -1.22. The molecule has 0 spiro atoms. The van der Waals surface area contributed by atoms with E-state index >= 15 is 0 Å². The van der Waals surface area contributed by atoms with Crippen molar-refractivity contribution in [3.05, 3.63) is 53.5 Å². The number of hydrogen-bond donors (Lipinski definition) is 1. The number of aromatic carboxylic acids is 1. The van der Waals surface area contributed by atoms with Gasteiger partial charge in [0.15, 0.2) is 11.5 Å². The van der Waals surface area contributed by atoms with E-state index in [1.807, 2.05) is 34.6 Å². The summed E-state index contributed by atoms with van der Waals surface area (Å²) in [5, 5.41) is 13.5. The zero-order valence-electron chi connectivity index (χ0n) is 21.2. The van der Waals surface area contributed by atoms with Crippen LogP contribution < -0.4 is 0 Å². The summed E-state index contributed by atoms with van der Waals surface area (Å²) in [6, 6.07) is 0. The molecule has 1 amide bonds. The van der Waals surface area contributed by atoms with Crippen molar-refractivity contribution >= 4 is 17.6 Å². The van der Waals surface area contributed by atoms with Crippen molar-refractivity contribution in [1.29, 1.82) is 0 Å². The van der Waals surface area contributed by atoms with Crippen LogP contribution in [0.1, 0.15) is 81.7 Å². The fourth-order valence-electron chi connectivity index (χ4n) is 3.88. The molecule has 10 heteroatoms. The number of halogens is 1. The van der Waals surface area contributed by atoms with Crippen LogP contribution in [-0.2, 0) is 4.74 Å². The molecule has 1 aliphatic carbocycles. The Morgan fingerprint density at radius 2 is 1.89 bits per heavy atom. The largest absolute Gasteiger partial charge is 0.476 e. The van der Waals surface area contributed by atoms with E-state index in [2.05, 4.69) is 10.1 Å². The lowest BCUT2D eigenvalue weighted by Crippen LogP contribution is -2.41. The van der Waals surface area contributed by atoms with Gasteiger partial charge in [-0.25, -0.2) is 19.0 Å². The third-order valence-electron chi connectivity index (χ3n) is 5.50. The van der Waals surface area contributed by atoms with Crippen LogP contribution in [0, 0.1) is 0 Å². The van der Waals surface area contributed by atoms with Gasteiger partial charge < -0.3 is 23.7 Å². The smallest absolute Gasteiger partial charge is 0.410 e. The van der Waals surface area contributed by atoms with Crippen LogP contribution in [-0.4, -0.2) is 50.9 Å². The highest BCUT2D eigenvalue weighted by Gasteiger charge is 2.34. The zero-order valence-corrected chi connectivity index (χ0v) is 21.2. The molecule has 2 aromatic rings.